The monoisotopic (exact) mass is 268 g/mol. The van der Waals surface area contributed by atoms with Crippen molar-refractivity contribution in [2.24, 2.45) is 5.92 Å². The second-order valence-electron chi connectivity index (χ2n) is 5.15. The molecule has 5 heteroatoms. The first-order chi connectivity index (χ1) is 8.55. The van der Waals surface area contributed by atoms with Crippen LogP contribution in [0.1, 0.15) is 12.0 Å². The fraction of sp³-hybridized carbons (Fsp3) is 0.462. The first-order valence-electron chi connectivity index (χ1n) is 5.98. The summed E-state index contributed by atoms with van der Waals surface area (Å²) in [4.78, 5) is 2.08. The third-order valence-corrected chi connectivity index (χ3v) is 4.55. The molecule has 2 unspecified atom stereocenters. The van der Waals surface area contributed by atoms with Crippen molar-refractivity contribution in [3.05, 3.63) is 35.4 Å². The van der Waals surface area contributed by atoms with Gasteiger partial charge in [0.15, 0.2) is 5.11 Å². The van der Waals surface area contributed by atoms with E-state index in [1.54, 1.807) is 7.05 Å². The molecule has 96 valence electrons. The second-order valence-corrected chi connectivity index (χ2v) is 5.54. The number of thiocarbonyl (C=S) groups is 1. The molecule has 1 aromatic carbocycles. The van der Waals surface area contributed by atoms with Crippen molar-refractivity contribution in [1.29, 1.82) is 0 Å². The molecule has 1 saturated heterocycles. The van der Waals surface area contributed by atoms with Crippen LogP contribution < -0.4 is 5.32 Å². The molecule has 1 aliphatic carbocycles. The lowest BCUT2D eigenvalue weighted by atomic mass is 9.95. The Kier molecular flexibility index (Phi) is 2.55. The molecule has 0 aromatic heterocycles. The van der Waals surface area contributed by atoms with Crippen LogP contribution in [0.2, 0.25) is 0 Å². The topological polar surface area (TPSA) is 15.3 Å². The van der Waals surface area contributed by atoms with E-state index in [2.05, 4.69) is 10.2 Å². The van der Waals surface area contributed by atoms with Gasteiger partial charge in [-0.3, -0.25) is 0 Å². The number of rotatable bonds is 1. The summed E-state index contributed by atoms with van der Waals surface area (Å²) in [6.07, 6.45) is 0.999. The van der Waals surface area contributed by atoms with Crippen molar-refractivity contribution in [2.75, 3.05) is 20.1 Å². The highest BCUT2D eigenvalue weighted by Gasteiger charge is 2.61. The van der Waals surface area contributed by atoms with Gasteiger partial charge in [0.2, 0.25) is 0 Å². The summed E-state index contributed by atoms with van der Waals surface area (Å²) in [6.45, 7) is 1.62. The summed E-state index contributed by atoms with van der Waals surface area (Å²) < 4.78 is 26.6. The second kappa shape index (κ2) is 3.88. The van der Waals surface area contributed by atoms with Crippen LogP contribution in [0.15, 0.2) is 18.2 Å². The van der Waals surface area contributed by atoms with E-state index in [4.69, 9.17) is 12.2 Å². The smallest absolute Gasteiger partial charge is 0.168 e. The average Bonchev–Trinajstić information content (AvgIpc) is 2.90. The van der Waals surface area contributed by atoms with Gasteiger partial charge in [0.1, 0.15) is 11.6 Å². The fourth-order valence-electron chi connectivity index (χ4n) is 3.08. The van der Waals surface area contributed by atoms with Gasteiger partial charge < -0.3 is 10.2 Å². The first-order valence-corrected chi connectivity index (χ1v) is 6.39. The fourth-order valence-corrected chi connectivity index (χ4v) is 3.22. The minimum absolute atomic E-state index is 0.0934. The van der Waals surface area contributed by atoms with Crippen LogP contribution in [-0.2, 0) is 5.41 Å². The molecule has 2 aliphatic rings. The van der Waals surface area contributed by atoms with Gasteiger partial charge in [-0.25, -0.2) is 8.78 Å². The SMILES string of the molecule is CNC(=S)N1CC2CC2(c2cc(F)cc(F)c2)C1. The van der Waals surface area contributed by atoms with Crippen LogP contribution in [0.4, 0.5) is 8.78 Å². The van der Waals surface area contributed by atoms with E-state index in [1.165, 1.54) is 12.1 Å². The van der Waals surface area contributed by atoms with Crippen molar-refractivity contribution in [3.63, 3.8) is 0 Å². The number of piperidine rings is 1. The lowest BCUT2D eigenvalue weighted by Gasteiger charge is -2.23. The van der Waals surface area contributed by atoms with Gasteiger partial charge in [-0.1, -0.05) is 0 Å². The van der Waals surface area contributed by atoms with Gasteiger partial charge in [-0.15, -0.1) is 0 Å². The standard InChI is InChI=1S/C13H14F2N2S/c1-16-12(18)17-6-9-5-13(9,7-17)8-2-10(14)4-11(15)3-8/h2-4,9H,5-7H2,1H3,(H,16,18). The summed E-state index contributed by atoms with van der Waals surface area (Å²) in [6, 6.07) is 3.83. The summed E-state index contributed by atoms with van der Waals surface area (Å²) in [5.41, 5.74) is 0.676. The Hall–Kier alpha value is -1.23. The molecule has 1 heterocycles. The zero-order valence-electron chi connectivity index (χ0n) is 10.0. The molecule has 2 fully saturated rings. The number of hydrogen-bond acceptors (Lipinski definition) is 1. The molecule has 0 radical (unpaired) electrons. The Bertz CT molecular complexity index is 499. The molecule has 0 amide bonds. The van der Waals surface area contributed by atoms with Crippen LogP contribution in [0.25, 0.3) is 0 Å². The summed E-state index contributed by atoms with van der Waals surface area (Å²) in [5, 5.41) is 3.66. The first kappa shape index (κ1) is 11.8. The van der Waals surface area contributed by atoms with E-state index in [1.807, 2.05) is 0 Å². The number of nitrogens with zero attached hydrogens (tertiary/aromatic N) is 1. The average molecular weight is 268 g/mol. The molecule has 2 atom stereocenters. The summed E-state index contributed by atoms with van der Waals surface area (Å²) in [5.74, 6) is -0.538. The molecule has 1 aliphatic heterocycles. The Morgan fingerprint density at radius 3 is 2.67 bits per heavy atom. The number of likely N-dealkylation sites (tertiary alicyclic amines) is 1. The van der Waals surface area contributed by atoms with Gasteiger partial charge >= 0.3 is 0 Å². The maximum atomic E-state index is 13.3. The van der Waals surface area contributed by atoms with E-state index in [0.717, 1.165) is 31.1 Å². The number of nitrogens with one attached hydrogen (secondary N) is 1. The number of hydrogen-bond donors (Lipinski definition) is 1. The maximum Gasteiger partial charge on any atom is 0.168 e. The predicted molar refractivity (Wildman–Crippen MR) is 69.4 cm³/mol. The minimum atomic E-state index is -0.500. The third-order valence-electron chi connectivity index (χ3n) is 4.08. The highest BCUT2D eigenvalue weighted by molar-refractivity contribution is 7.80. The summed E-state index contributed by atoms with van der Waals surface area (Å²) >= 11 is 5.21. The summed E-state index contributed by atoms with van der Waals surface area (Å²) in [7, 11) is 1.79. The van der Waals surface area contributed by atoms with E-state index in [-0.39, 0.29) is 5.41 Å². The Morgan fingerprint density at radius 1 is 1.39 bits per heavy atom. The third kappa shape index (κ3) is 1.68. The number of halogens is 2. The van der Waals surface area contributed by atoms with E-state index in [9.17, 15) is 8.78 Å². The van der Waals surface area contributed by atoms with E-state index < -0.39 is 11.6 Å². The zero-order chi connectivity index (χ0) is 12.9. The lowest BCUT2D eigenvalue weighted by molar-refractivity contribution is 0.442. The van der Waals surface area contributed by atoms with E-state index in [0.29, 0.717) is 11.0 Å². The molecule has 3 rings (SSSR count). The molecule has 2 nitrogen and oxygen atoms in total. The Balaban J connectivity index is 1.88. The van der Waals surface area contributed by atoms with Gasteiger partial charge in [-0.2, -0.15) is 0 Å². The largest absolute Gasteiger partial charge is 0.366 e. The molecular formula is C13H14F2N2S. The molecule has 0 bridgehead atoms. The maximum absolute atomic E-state index is 13.3. The number of benzene rings is 1. The Morgan fingerprint density at radius 2 is 2.06 bits per heavy atom. The highest BCUT2D eigenvalue weighted by Crippen LogP contribution is 2.59. The highest BCUT2D eigenvalue weighted by atomic mass is 32.1. The predicted octanol–water partition coefficient (Wildman–Crippen LogP) is 2.04. The molecular weight excluding hydrogens is 254 g/mol. The van der Waals surface area contributed by atoms with Crippen molar-refractivity contribution in [1.82, 2.24) is 10.2 Å². The van der Waals surface area contributed by atoms with Crippen LogP contribution in [-0.4, -0.2) is 30.1 Å². The molecule has 1 saturated carbocycles. The van der Waals surface area contributed by atoms with Gasteiger partial charge in [-0.05, 0) is 42.3 Å². The van der Waals surface area contributed by atoms with Crippen LogP contribution in [0, 0.1) is 17.6 Å². The Labute approximate surface area is 110 Å². The molecule has 0 spiro atoms. The van der Waals surface area contributed by atoms with Crippen LogP contribution in [0.3, 0.4) is 0 Å². The quantitative estimate of drug-likeness (QED) is 0.785. The molecule has 1 aromatic rings. The van der Waals surface area contributed by atoms with Crippen molar-refractivity contribution < 1.29 is 8.78 Å². The van der Waals surface area contributed by atoms with Crippen molar-refractivity contribution in [3.8, 4) is 0 Å². The van der Waals surface area contributed by atoms with Gasteiger partial charge in [0.05, 0.1) is 0 Å². The minimum Gasteiger partial charge on any atom is -0.366 e. The molecule has 18 heavy (non-hydrogen) atoms. The van der Waals surface area contributed by atoms with Crippen molar-refractivity contribution in [2.45, 2.75) is 11.8 Å². The van der Waals surface area contributed by atoms with Crippen LogP contribution in [0.5, 0.6) is 0 Å². The van der Waals surface area contributed by atoms with E-state index >= 15 is 0 Å². The van der Waals surface area contributed by atoms with Crippen LogP contribution >= 0.6 is 12.2 Å². The van der Waals surface area contributed by atoms with Crippen molar-refractivity contribution >= 4 is 17.3 Å². The van der Waals surface area contributed by atoms with Gasteiger partial charge in [0, 0.05) is 31.6 Å². The zero-order valence-corrected chi connectivity index (χ0v) is 10.9. The van der Waals surface area contributed by atoms with Gasteiger partial charge in [0.25, 0.3) is 0 Å². The normalized spacial score (nSPS) is 29.1. The lowest BCUT2D eigenvalue weighted by Crippen LogP contribution is -2.38. The molecule has 1 N–H and O–H groups in total. The number of fused-ring (bicyclic) bond motifs is 1.